The number of carbonyl (C=O) groups is 1. The highest BCUT2D eigenvalue weighted by molar-refractivity contribution is 6.30. The van der Waals surface area contributed by atoms with Crippen molar-refractivity contribution >= 4 is 23.2 Å². The molecule has 1 amide bonds. The molecule has 1 heterocycles. The summed E-state index contributed by atoms with van der Waals surface area (Å²) in [6.07, 6.45) is 0. The van der Waals surface area contributed by atoms with Crippen LogP contribution in [0.3, 0.4) is 0 Å². The summed E-state index contributed by atoms with van der Waals surface area (Å²) in [4.78, 5) is 12.1. The van der Waals surface area contributed by atoms with Crippen LogP contribution in [0.2, 0.25) is 5.02 Å². The third-order valence-electron chi connectivity index (χ3n) is 2.91. The molecule has 0 aliphatic carbocycles. The largest absolute Gasteiger partial charge is 0.486 e. The Morgan fingerprint density at radius 1 is 1.00 bits per heavy atom. The van der Waals surface area contributed by atoms with Crippen molar-refractivity contribution in [3.05, 3.63) is 53.1 Å². The molecule has 2 aromatic rings. The predicted octanol–water partition coefficient (Wildman–Crippen LogP) is 3.36. The second kappa shape index (κ2) is 5.43. The van der Waals surface area contributed by atoms with E-state index in [1.807, 2.05) is 0 Å². The summed E-state index contributed by atoms with van der Waals surface area (Å²) in [5.74, 6) is 1.06. The van der Waals surface area contributed by atoms with Gasteiger partial charge in [-0.05, 0) is 42.5 Å². The second-order valence-electron chi connectivity index (χ2n) is 4.32. The van der Waals surface area contributed by atoms with Crippen molar-refractivity contribution in [1.82, 2.24) is 0 Å². The van der Waals surface area contributed by atoms with Gasteiger partial charge in [-0.2, -0.15) is 0 Å². The van der Waals surface area contributed by atoms with E-state index in [9.17, 15) is 4.79 Å². The first-order valence-corrected chi connectivity index (χ1v) is 6.57. The lowest BCUT2D eigenvalue weighted by molar-refractivity contribution is 0.102. The van der Waals surface area contributed by atoms with E-state index in [0.29, 0.717) is 41.0 Å². The number of rotatable bonds is 2. The molecule has 0 fully saturated rings. The van der Waals surface area contributed by atoms with Gasteiger partial charge in [-0.3, -0.25) is 4.79 Å². The first-order valence-electron chi connectivity index (χ1n) is 6.19. The number of fused-ring (bicyclic) bond motifs is 1. The van der Waals surface area contributed by atoms with Gasteiger partial charge in [-0.15, -0.1) is 0 Å². The maximum atomic E-state index is 12.1. The van der Waals surface area contributed by atoms with Gasteiger partial charge in [0.15, 0.2) is 11.5 Å². The Labute approximate surface area is 121 Å². The van der Waals surface area contributed by atoms with E-state index in [4.69, 9.17) is 21.1 Å². The molecule has 1 N–H and O–H groups in total. The van der Waals surface area contributed by atoms with Gasteiger partial charge in [-0.1, -0.05) is 11.6 Å². The van der Waals surface area contributed by atoms with Crippen LogP contribution in [-0.2, 0) is 0 Å². The third kappa shape index (κ3) is 2.70. The molecule has 4 nitrogen and oxygen atoms in total. The summed E-state index contributed by atoms with van der Waals surface area (Å²) in [6, 6.07) is 12.1. The molecule has 102 valence electrons. The highest BCUT2D eigenvalue weighted by Gasteiger charge is 2.14. The summed E-state index contributed by atoms with van der Waals surface area (Å²) in [7, 11) is 0. The number of amides is 1. The summed E-state index contributed by atoms with van der Waals surface area (Å²) < 4.78 is 10.9. The van der Waals surface area contributed by atoms with E-state index < -0.39 is 0 Å². The smallest absolute Gasteiger partial charge is 0.255 e. The highest BCUT2D eigenvalue weighted by Crippen LogP contribution is 2.31. The normalized spacial score (nSPS) is 12.8. The zero-order chi connectivity index (χ0) is 13.9. The van der Waals surface area contributed by atoms with Crippen molar-refractivity contribution in [3.8, 4) is 11.5 Å². The lowest BCUT2D eigenvalue weighted by atomic mass is 10.1. The van der Waals surface area contributed by atoms with E-state index in [1.54, 1.807) is 42.5 Å². The van der Waals surface area contributed by atoms with E-state index in [2.05, 4.69) is 5.32 Å². The number of anilines is 1. The van der Waals surface area contributed by atoms with Gasteiger partial charge in [0.2, 0.25) is 0 Å². The fourth-order valence-corrected chi connectivity index (χ4v) is 2.05. The Hall–Kier alpha value is -2.20. The monoisotopic (exact) mass is 289 g/mol. The Morgan fingerprint density at radius 2 is 1.70 bits per heavy atom. The van der Waals surface area contributed by atoms with E-state index in [0.717, 1.165) is 0 Å². The molecular formula is C15H12ClNO3. The van der Waals surface area contributed by atoms with Crippen LogP contribution in [0.4, 0.5) is 5.69 Å². The molecule has 3 rings (SSSR count). The van der Waals surface area contributed by atoms with Crippen LogP contribution >= 0.6 is 11.6 Å². The zero-order valence-corrected chi connectivity index (χ0v) is 11.3. The SMILES string of the molecule is O=C(Nc1ccc(Cl)cc1)c1ccc2c(c1)OCCO2. The number of benzene rings is 2. The van der Waals surface area contributed by atoms with Crippen molar-refractivity contribution in [2.75, 3.05) is 18.5 Å². The van der Waals surface area contributed by atoms with Gasteiger partial charge in [0.05, 0.1) is 0 Å². The first-order chi connectivity index (χ1) is 9.72. The lowest BCUT2D eigenvalue weighted by Gasteiger charge is -2.18. The maximum Gasteiger partial charge on any atom is 0.255 e. The number of hydrogen-bond donors (Lipinski definition) is 1. The Balaban J connectivity index is 1.78. The van der Waals surface area contributed by atoms with Gasteiger partial charge < -0.3 is 14.8 Å². The van der Waals surface area contributed by atoms with Crippen molar-refractivity contribution in [2.24, 2.45) is 0 Å². The molecule has 5 heteroatoms. The van der Waals surface area contributed by atoms with E-state index >= 15 is 0 Å². The summed E-state index contributed by atoms with van der Waals surface area (Å²) in [5.41, 5.74) is 1.21. The Kier molecular flexibility index (Phi) is 3.48. The molecule has 1 aliphatic rings. The van der Waals surface area contributed by atoms with E-state index in [-0.39, 0.29) is 5.91 Å². The predicted molar refractivity (Wildman–Crippen MR) is 76.8 cm³/mol. The van der Waals surface area contributed by atoms with Gasteiger partial charge in [0.1, 0.15) is 13.2 Å². The first kappa shape index (κ1) is 12.8. The number of nitrogens with one attached hydrogen (secondary N) is 1. The summed E-state index contributed by atoms with van der Waals surface area (Å²) >= 11 is 5.80. The lowest BCUT2D eigenvalue weighted by Crippen LogP contribution is -2.17. The molecule has 0 unspecified atom stereocenters. The maximum absolute atomic E-state index is 12.1. The Bertz CT molecular complexity index is 640. The number of ether oxygens (including phenoxy) is 2. The van der Waals surface area contributed by atoms with Crippen LogP contribution in [0.1, 0.15) is 10.4 Å². The van der Waals surface area contributed by atoms with E-state index in [1.165, 1.54) is 0 Å². The number of hydrogen-bond acceptors (Lipinski definition) is 3. The molecule has 0 aromatic heterocycles. The molecule has 0 saturated heterocycles. The van der Waals surface area contributed by atoms with Crippen molar-refractivity contribution in [3.63, 3.8) is 0 Å². The zero-order valence-electron chi connectivity index (χ0n) is 10.6. The van der Waals surface area contributed by atoms with Crippen LogP contribution < -0.4 is 14.8 Å². The van der Waals surface area contributed by atoms with Gasteiger partial charge in [0, 0.05) is 16.3 Å². The van der Waals surface area contributed by atoms with Crippen LogP contribution in [-0.4, -0.2) is 19.1 Å². The molecule has 0 atom stereocenters. The molecule has 2 aromatic carbocycles. The topological polar surface area (TPSA) is 47.6 Å². The molecule has 0 saturated carbocycles. The van der Waals surface area contributed by atoms with Crippen LogP contribution in [0.25, 0.3) is 0 Å². The molecule has 0 radical (unpaired) electrons. The van der Waals surface area contributed by atoms with Crippen molar-refractivity contribution < 1.29 is 14.3 Å². The minimum Gasteiger partial charge on any atom is -0.486 e. The van der Waals surface area contributed by atoms with Crippen molar-refractivity contribution in [2.45, 2.75) is 0 Å². The quantitative estimate of drug-likeness (QED) is 0.922. The Morgan fingerprint density at radius 3 is 2.45 bits per heavy atom. The summed E-state index contributed by atoms with van der Waals surface area (Å²) in [6.45, 7) is 1.03. The minimum atomic E-state index is -0.204. The molecule has 1 aliphatic heterocycles. The third-order valence-corrected chi connectivity index (χ3v) is 3.16. The summed E-state index contributed by atoms with van der Waals surface area (Å²) in [5, 5.41) is 3.43. The van der Waals surface area contributed by atoms with Crippen LogP contribution in [0.5, 0.6) is 11.5 Å². The fraction of sp³-hybridized carbons (Fsp3) is 0.133. The number of carbonyl (C=O) groups excluding carboxylic acids is 1. The molecule has 0 bridgehead atoms. The van der Waals surface area contributed by atoms with Gasteiger partial charge in [0.25, 0.3) is 5.91 Å². The average Bonchev–Trinajstić information content (AvgIpc) is 2.49. The van der Waals surface area contributed by atoms with Gasteiger partial charge in [-0.25, -0.2) is 0 Å². The fourth-order valence-electron chi connectivity index (χ4n) is 1.92. The van der Waals surface area contributed by atoms with Crippen LogP contribution in [0, 0.1) is 0 Å². The highest BCUT2D eigenvalue weighted by atomic mass is 35.5. The average molecular weight is 290 g/mol. The second-order valence-corrected chi connectivity index (χ2v) is 4.76. The van der Waals surface area contributed by atoms with Crippen LogP contribution in [0.15, 0.2) is 42.5 Å². The van der Waals surface area contributed by atoms with Gasteiger partial charge >= 0.3 is 0 Å². The number of halogens is 1. The molecule has 20 heavy (non-hydrogen) atoms. The van der Waals surface area contributed by atoms with Crippen molar-refractivity contribution in [1.29, 1.82) is 0 Å². The standard InChI is InChI=1S/C15H12ClNO3/c16-11-2-4-12(5-3-11)17-15(18)10-1-6-13-14(9-10)20-8-7-19-13/h1-6,9H,7-8H2,(H,17,18). The molecular weight excluding hydrogens is 278 g/mol. The minimum absolute atomic E-state index is 0.204. The molecule has 0 spiro atoms.